The van der Waals surface area contributed by atoms with Gasteiger partial charge >= 0.3 is 0 Å². The molecule has 1 aliphatic heterocycles. The highest BCUT2D eigenvalue weighted by molar-refractivity contribution is 7.99. The van der Waals surface area contributed by atoms with Gasteiger partial charge in [-0.25, -0.2) is 0 Å². The Balaban J connectivity index is 1.55. The van der Waals surface area contributed by atoms with Crippen LogP contribution in [0.1, 0.15) is 36.2 Å². The standard InChI is InChI=1S/C16H19N3O2S/c1-12-17-16(21-18-12)14-8-5-9-19(14)15(20)11-22-10-13-6-3-2-4-7-13/h2-4,6-7,14H,5,8-11H2,1H3. The molecule has 1 amide bonds. The highest BCUT2D eigenvalue weighted by Gasteiger charge is 2.33. The first-order valence-electron chi connectivity index (χ1n) is 7.45. The number of hydrogen-bond acceptors (Lipinski definition) is 5. The van der Waals surface area contributed by atoms with Crippen LogP contribution in [-0.4, -0.2) is 33.2 Å². The summed E-state index contributed by atoms with van der Waals surface area (Å²) in [6.07, 6.45) is 1.89. The third kappa shape index (κ3) is 3.50. The van der Waals surface area contributed by atoms with Gasteiger partial charge in [0.25, 0.3) is 0 Å². The van der Waals surface area contributed by atoms with Crippen molar-refractivity contribution in [1.29, 1.82) is 0 Å². The molecule has 0 bridgehead atoms. The van der Waals surface area contributed by atoms with Gasteiger partial charge in [0.15, 0.2) is 5.82 Å². The second kappa shape index (κ2) is 6.96. The van der Waals surface area contributed by atoms with Gasteiger partial charge in [0.1, 0.15) is 6.04 Å². The summed E-state index contributed by atoms with van der Waals surface area (Å²) in [7, 11) is 0. The Labute approximate surface area is 134 Å². The van der Waals surface area contributed by atoms with Crippen molar-refractivity contribution < 1.29 is 9.32 Å². The summed E-state index contributed by atoms with van der Waals surface area (Å²) in [5.41, 5.74) is 1.24. The van der Waals surface area contributed by atoms with E-state index in [9.17, 15) is 4.79 Å². The van der Waals surface area contributed by atoms with Crippen LogP contribution in [-0.2, 0) is 10.5 Å². The summed E-state index contributed by atoms with van der Waals surface area (Å²) < 4.78 is 5.24. The third-order valence-electron chi connectivity index (χ3n) is 3.74. The average Bonchev–Trinajstić information content (AvgIpc) is 3.16. The van der Waals surface area contributed by atoms with Crippen molar-refractivity contribution in [2.75, 3.05) is 12.3 Å². The number of benzene rings is 1. The minimum absolute atomic E-state index is 0.0500. The Morgan fingerprint density at radius 2 is 2.23 bits per heavy atom. The lowest BCUT2D eigenvalue weighted by Crippen LogP contribution is -2.32. The van der Waals surface area contributed by atoms with Crippen LogP contribution in [0.15, 0.2) is 34.9 Å². The number of carbonyl (C=O) groups is 1. The van der Waals surface area contributed by atoms with Crippen LogP contribution in [0, 0.1) is 6.92 Å². The molecular formula is C16H19N3O2S. The van der Waals surface area contributed by atoms with Gasteiger partial charge in [-0.1, -0.05) is 35.5 Å². The molecule has 0 spiro atoms. The molecule has 0 N–H and O–H groups in total. The zero-order valence-corrected chi connectivity index (χ0v) is 13.4. The summed E-state index contributed by atoms with van der Waals surface area (Å²) in [6, 6.07) is 10.2. The maximum Gasteiger partial charge on any atom is 0.249 e. The van der Waals surface area contributed by atoms with Gasteiger partial charge in [-0.05, 0) is 25.3 Å². The number of aromatic nitrogens is 2. The molecular weight excluding hydrogens is 298 g/mol. The molecule has 0 saturated carbocycles. The second-order valence-corrected chi connectivity index (χ2v) is 6.39. The highest BCUT2D eigenvalue weighted by atomic mass is 32.2. The molecule has 0 aliphatic carbocycles. The zero-order valence-electron chi connectivity index (χ0n) is 12.6. The van der Waals surface area contributed by atoms with Crippen molar-refractivity contribution in [2.24, 2.45) is 0 Å². The van der Waals surface area contributed by atoms with Crippen molar-refractivity contribution in [3.63, 3.8) is 0 Å². The number of carbonyl (C=O) groups excluding carboxylic acids is 1. The topological polar surface area (TPSA) is 59.2 Å². The smallest absolute Gasteiger partial charge is 0.249 e. The van der Waals surface area contributed by atoms with E-state index in [1.54, 1.807) is 18.7 Å². The SMILES string of the molecule is Cc1noc(C2CCCN2C(=O)CSCc2ccccc2)n1. The number of likely N-dealkylation sites (tertiary alicyclic amines) is 1. The van der Waals surface area contributed by atoms with Gasteiger partial charge in [0.05, 0.1) is 5.75 Å². The monoisotopic (exact) mass is 317 g/mol. The van der Waals surface area contributed by atoms with Gasteiger partial charge < -0.3 is 9.42 Å². The molecule has 22 heavy (non-hydrogen) atoms. The van der Waals surface area contributed by atoms with E-state index in [2.05, 4.69) is 22.3 Å². The van der Waals surface area contributed by atoms with E-state index in [1.165, 1.54) is 5.56 Å². The van der Waals surface area contributed by atoms with Crippen molar-refractivity contribution in [1.82, 2.24) is 15.0 Å². The van der Waals surface area contributed by atoms with Crippen molar-refractivity contribution in [2.45, 2.75) is 31.6 Å². The van der Waals surface area contributed by atoms with E-state index in [-0.39, 0.29) is 11.9 Å². The van der Waals surface area contributed by atoms with Crippen LogP contribution in [0.25, 0.3) is 0 Å². The molecule has 1 aliphatic rings. The Hall–Kier alpha value is -1.82. The fourth-order valence-electron chi connectivity index (χ4n) is 2.68. The molecule has 2 heterocycles. The van der Waals surface area contributed by atoms with E-state index in [4.69, 9.17) is 4.52 Å². The van der Waals surface area contributed by atoms with Crippen molar-refractivity contribution >= 4 is 17.7 Å². The number of amides is 1. The lowest BCUT2D eigenvalue weighted by molar-refractivity contribution is -0.129. The Morgan fingerprint density at radius 1 is 1.41 bits per heavy atom. The fraction of sp³-hybridized carbons (Fsp3) is 0.438. The molecule has 1 aromatic heterocycles. The first kappa shape index (κ1) is 15.1. The van der Waals surface area contributed by atoms with Gasteiger partial charge in [0, 0.05) is 12.3 Å². The molecule has 1 aromatic carbocycles. The Kier molecular flexibility index (Phi) is 4.77. The number of rotatable bonds is 5. The normalized spacial score (nSPS) is 17.9. The van der Waals surface area contributed by atoms with Crippen molar-refractivity contribution in [3.05, 3.63) is 47.6 Å². The van der Waals surface area contributed by atoms with Crippen LogP contribution in [0.5, 0.6) is 0 Å². The van der Waals surface area contributed by atoms with Gasteiger partial charge in [0.2, 0.25) is 11.8 Å². The summed E-state index contributed by atoms with van der Waals surface area (Å²) in [5.74, 6) is 2.67. The number of thioether (sulfide) groups is 1. The molecule has 5 nitrogen and oxygen atoms in total. The van der Waals surface area contributed by atoms with Crippen molar-refractivity contribution in [3.8, 4) is 0 Å². The van der Waals surface area contributed by atoms with Crippen LogP contribution < -0.4 is 0 Å². The fourth-order valence-corrected chi connectivity index (χ4v) is 3.55. The quantitative estimate of drug-likeness (QED) is 0.848. The molecule has 1 fully saturated rings. The Morgan fingerprint density at radius 3 is 2.95 bits per heavy atom. The predicted molar refractivity (Wildman–Crippen MR) is 85.3 cm³/mol. The number of nitrogens with zero attached hydrogens (tertiary/aromatic N) is 3. The van der Waals surface area contributed by atoms with E-state index in [0.717, 1.165) is 25.1 Å². The first-order valence-corrected chi connectivity index (χ1v) is 8.61. The molecule has 6 heteroatoms. The summed E-state index contributed by atoms with van der Waals surface area (Å²) >= 11 is 1.65. The summed E-state index contributed by atoms with van der Waals surface area (Å²) in [6.45, 7) is 2.57. The lowest BCUT2D eigenvalue weighted by atomic mass is 10.2. The van der Waals surface area contributed by atoms with E-state index < -0.39 is 0 Å². The second-order valence-electron chi connectivity index (χ2n) is 5.40. The molecule has 2 aromatic rings. The van der Waals surface area contributed by atoms with Crippen LogP contribution >= 0.6 is 11.8 Å². The van der Waals surface area contributed by atoms with Gasteiger partial charge in [-0.2, -0.15) is 4.98 Å². The van der Waals surface area contributed by atoms with Gasteiger partial charge in [-0.15, -0.1) is 11.8 Å². The first-order chi connectivity index (χ1) is 10.7. The predicted octanol–water partition coefficient (Wildman–Crippen LogP) is 2.97. The minimum atomic E-state index is -0.0500. The van der Waals surface area contributed by atoms with E-state index in [0.29, 0.717) is 17.5 Å². The van der Waals surface area contributed by atoms with Crippen LogP contribution in [0.4, 0.5) is 0 Å². The maximum absolute atomic E-state index is 12.4. The number of aryl methyl sites for hydroxylation is 1. The largest absolute Gasteiger partial charge is 0.337 e. The summed E-state index contributed by atoms with van der Waals surface area (Å²) in [4.78, 5) is 18.6. The molecule has 116 valence electrons. The third-order valence-corrected chi connectivity index (χ3v) is 4.73. The molecule has 3 rings (SSSR count). The lowest BCUT2D eigenvalue weighted by Gasteiger charge is -2.21. The van der Waals surface area contributed by atoms with E-state index in [1.807, 2.05) is 23.1 Å². The van der Waals surface area contributed by atoms with Gasteiger partial charge in [-0.3, -0.25) is 4.79 Å². The number of hydrogen-bond donors (Lipinski definition) is 0. The molecule has 1 atom stereocenters. The van der Waals surface area contributed by atoms with Crippen LogP contribution in [0.3, 0.4) is 0 Å². The van der Waals surface area contributed by atoms with Crippen LogP contribution in [0.2, 0.25) is 0 Å². The van der Waals surface area contributed by atoms with E-state index >= 15 is 0 Å². The summed E-state index contributed by atoms with van der Waals surface area (Å²) in [5, 5.41) is 3.83. The molecule has 0 radical (unpaired) electrons. The molecule has 1 saturated heterocycles. The highest BCUT2D eigenvalue weighted by Crippen LogP contribution is 2.31. The average molecular weight is 317 g/mol. The maximum atomic E-state index is 12.4. The zero-order chi connectivity index (χ0) is 15.4. The molecule has 1 unspecified atom stereocenters. The Bertz CT molecular complexity index is 629. The minimum Gasteiger partial charge on any atom is -0.337 e.